The molecule has 2 aliphatic rings. The van der Waals surface area contributed by atoms with Crippen LogP contribution in [-0.2, 0) is 28.9 Å². The quantitative estimate of drug-likeness (QED) is 0.567. The van der Waals surface area contributed by atoms with Crippen molar-refractivity contribution in [1.82, 2.24) is 4.90 Å². The van der Waals surface area contributed by atoms with Crippen molar-refractivity contribution in [1.29, 1.82) is 0 Å². The van der Waals surface area contributed by atoms with Gasteiger partial charge in [0, 0.05) is 18.7 Å². The standard InChI is InChI=1S/C17H24BNO3.FN.W/c1-16(2)17(3,4)22-18(21-16)14-9-7-8-13(12-14)15(20)19-10-5-6-11-19;1-2;/h7-9,12H,5-6,10-11H2,1-4H3;;. The maximum atomic E-state index is 12.5. The Labute approximate surface area is 160 Å². The average molecular weight is 518 g/mol. The molecule has 2 saturated heterocycles. The van der Waals surface area contributed by atoms with Crippen molar-refractivity contribution >= 4 is 18.5 Å². The zero-order valence-electron chi connectivity index (χ0n) is 15.1. The molecule has 2 aliphatic heterocycles. The molecule has 1 aromatic rings. The molecule has 0 N–H and O–H groups in total. The Hall–Kier alpha value is -0.907. The van der Waals surface area contributed by atoms with Crippen LogP contribution in [0.4, 0.5) is 4.48 Å². The predicted octanol–water partition coefficient (Wildman–Crippen LogP) is 2.82. The summed E-state index contributed by atoms with van der Waals surface area (Å²) in [4.78, 5) is 14.4. The summed E-state index contributed by atoms with van der Waals surface area (Å²) in [5.41, 5.74) is 0.886. The summed E-state index contributed by atoms with van der Waals surface area (Å²) in [5.74, 6) is 0.107. The molecule has 2 heterocycles. The Balaban J connectivity index is 0.000000701. The molecule has 5 nitrogen and oxygen atoms in total. The van der Waals surface area contributed by atoms with Gasteiger partial charge in [-0.05, 0) is 58.1 Å². The van der Waals surface area contributed by atoms with E-state index in [4.69, 9.17) is 9.31 Å². The number of nitrogens with zero attached hydrogens (tertiary/aromatic N) is 2. The van der Waals surface area contributed by atoms with Gasteiger partial charge in [0.1, 0.15) is 0 Å². The van der Waals surface area contributed by atoms with Crippen molar-refractivity contribution in [3.63, 3.8) is 0 Å². The van der Waals surface area contributed by atoms with Gasteiger partial charge in [0.2, 0.25) is 0 Å². The molecule has 0 aliphatic carbocycles. The fraction of sp³-hybridized carbons (Fsp3) is 0.588. The van der Waals surface area contributed by atoms with E-state index in [1.807, 2.05) is 56.9 Å². The molecule has 0 aromatic heterocycles. The van der Waals surface area contributed by atoms with Gasteiger partial charge in [-0.25, -0.2) is 0 Å². The summed E-state index contributed by atoms with van der Waals surface area (Å²) in [7, 11) is -0.420. The summed E-state index contributed by atoms with van der Waals surface area (Å²) in [6.07, 6.45) is 2.20. The first kappa shape index (κ1) is 20.4. The fourth-order valence-corrected chi connectivity index (χ4v) is 2.90. The Kier molecular flexibility index (Phi) is 6.69. The first-order valence-electron chi connectivity index (χ1n) is 8.40. The van der Waals surface area contributed by atoms with E-state index in [0.29, 0.717) is 25.2 Å². The molecule has 0 atom stereocenters. The van der Waals surface area contributed by atoms with Gasteiger partial charge < -0.3 is 14.2 Å². The van der Waals surface area contributed by atoms with Gasteiger partial charge in [-0.2, -0.15) is 0 Å². The van der Waals surface area contributed by atoms with Gasteiger partial charge in [-0.15, -0.1) is 0 Å². The number of rotatable bonds is 2. The molecule has 25 heavy (non-hydrogen) atoms. The zero-order chi connectivity index (χ0) is 18.7. The van der Waals surface area contributed by atoms with Crippen LogP contribution in [0.25, 0.3) is 0 Å². The number of hydrogen-bond donors (Lipinski definition) is 0. The molecule has 0 radical (unpaired) electrons. The molecule has 0 unspecified atom stereocenters. The third kappa shape index (κ3) is 4.63. The molecule has 136 valence electrons. The maximum absolute atomic E-state index is 12.5. The Morgan fingerprint density at radius 1 is 1.20 bits per heavy atom. The van der Waals surface area contributed by atoms with Crippen LogP contribution in [0.1, 0.15) is 50.9 Å². The summed E-state index contributed by atoms with van der Waals surface area (Å²) >= 11 is 0.630. The molecule has 0 saturated carbocycles. The zero-order valence-corrected chi connectivity index (χ0v) is 18.1. The van der Waals surface area contributed by atoms with E-state index in [2.05, 4.69) is 3.72 Å². The summed E-state index contributed by atoms with van der Waals surface area (Å²) in [6.45, 7) is 9.86. The molecule has 2 fully saturated rings. The first-order valence-corrected chi connectivity index (χ1v) is 9.71. The third-order valence-corrected chi connectivity index (χ3v) is 5.05. The second kappa shape index (κ2) is 8.19. The van der Waals surface area contributed by atoms with E-state index in [1.54, 1.807) is 0 Å². The van der Waals surface area contributed by atoms with Crippen LogP contribution >= 0.6 is 0 Å². The summed E-state index contributed by atoms with van der Waals surface area (Å²) in [6, 6.07) is 7.64. The van der Waals surface area contributed by atoms with Crippen LogP contribution in [0.15, 0.2) is 28.0 Å². The van der Waals surface area contributed by atoms with Crippen LogP contribution < -0.4 is 5.46 Å². The van der Waals surface area contributed by atoms with Gasteiger partial charge in [0.25, 0.3) is 5.91 Å². The van der Waals surface area contributed by atoms with E-state index < -0.39 is 7.12 Å². The molecule has 3 rings (SSSR count). The van der Waals surface area contributed by atoms with Gasteiger partial charge in [-0.3, -0.25) is 4.79 Å². The van der Waals surface area contributed by atoms with Crippen molar-refractivity contribution < 1.29 is 38.2 Å². The third-order valence-electron chi connectivity index (χ3n) is 5.05. The molecule has 1 aromatic carbocycles. The van der Waals surface area contributed by atoms with Gasteiger partial charge in [0.15, 0.2) is 0 Å². The van der Waals surface area contributed by atoms with Gasteiger partial charge in [0.05, 0.1) is 11.2 Å². The minimum atomic E-state index is -0.420. The van der Waals surface area contributed by atoms with Gasteiger partial charge >= 0.3 is 34.9 Å². The van der Waals surface area contributed by atoms with E-state index >= 15 is 0 Å². The second-order valence-electron chi connectivity index (χ2n) is 7.28. The first-order chi connectivity index (χ1) is 11.7. The van der Waals surface area contributed by atoms with Crippen LogP contribution in [0.5, 0.6) is 0 Å². The predicted molar refractivity (Wildman–Crippen MR) is 90.8 cm³/mol. The molecule has 1 amide bonds. The van der Waals surface area contributed by atoms with Gasteiger partial charge in [-0.1, -0.05) is 12.1 Å². The second-order valence-corrected chi connectivity index (χ2v) is 7.78. The fourth-order valence-electron chi connectivity index (χ4n) is 2.90. The number of halogens is 1. The SMILES string of the molecule is CC1(C)OB(c2cccc(C(=O)N3CCCC3)c2)OC1(C)C.F[N]=[W]. The summed E-state index contributed by atoms with van der Waals surface area (Å²) < 4.78 is 24.2. The van der Waals surface area contributed by atoms with E-state index in [0.717, 1.165) is 31.4 Å². The van der Waals surface area contributed by atoms with E-state index in [-0.39, 0.29) is 17.1 Å². The van der Waals surface area contributed by atoms with Crippen molar-refractivity contribution in [2.75, 3.05) is 13.1 Å². The molecular formula is C17H24BFN2O3W. The van der Waals surface area contributed by atoms with Crippen molar-refractivity contribution in [2.24, 2.45) is 3.72 Å². The van der Waals surface area contributed by atoms with Crippen LogP contribution in [0.3, 0.4) is 0 Å². The molecular weight excluding hydrogens is 494 g/mol. The molecule has 0 bridgehead atoms. The minimum absolute atomic E-state index is 0.107. The van der Waals surface area contributed by atoms with Crippen molar-refractivity contribution in [3.05, 3.63) is 29.8 Å². The number of carbonyl (C=O) groups excluding carboxylic acids is 1. The van der Waals surface area contributed by atoms with Crippen molar-refractivity contribution in [2.45, 2.75) is 51.7 Å². The number of amides is 1. The van der Waals surface area contributed by atoms with Crippen LogP contribution in [-0.4, -0.2) is 42.2 Å². The van der Waals surface area contributed by atoms with Crippen LogP contribution in [0.2, 0.25) is 0 Å². The van der Waals surface area contributed by atoms with E-state index in [1.165, 1.54) is 0 Å². The Bertz CT molecular complexity index is 620. The number of carbonyl (C=O) groups is 1. The monoisotopic (exact) mass is 518 g/mol. The number of benzene rings is 1. The summed E-state index contributed by atoms with van der Waals surface area (Å²) in [5, 5.41) is 0. The molecule has 8 heteroatoms. The molecule has 0 spiro atoms. The Morgan fingerprint density at radius 2 is 1.72 bits per heavy atom. The average Bonchev–Trinajstić information content (AvgIpc) is 3.14. The number of hydrogen-bond acceptors (Lipinski definition) is 4. The van der Waals surface area contributed by atoms with Crippen LogP contribution in [0, 0.1) is 0 Å². The number of likely N-dealkylation sites (tertiary alicyclic amines) is 1. The topological polar surface area (TPSA) is 51.1 Å². The van der Waals surface area contributed by atoms with Crippen molar-refractivity contribution in [3.8, 4) is 0 Å². The Morgan fingerprint density at radius 3 is 2.24 bits per heavy atom. The normalized spacial score (nSPS) is 20.8. The van der Waals surface area contributed by atoms with E-state index in [9.17, 15) is 9.28 Å².